The van der Waals surface area contributed by atoms with Crippen molar-refractivity contribution in [3.05, 3.63) is 83.9 Å². The molecule has 0 aliphatic carbocycles. The van der Waals surface area contributed by atoms with Gasteiger partial charge in [-0.2, -0.15) is 23.5 Å². The third-order valence-corrected chi connectivity index (χ3v) is 21.8. The summed E-state index contributed by atoms with van der Waals surface area (Å²) >= 11 is 2.61. The van der Waals surface area contributed by atoms with E-state index >= 15 is 4.79 Å². The molecule has 14 atom stereocenters. The van der Waals surface area contributed by atoms with Crippen molar-refractivity contribution in [2.45, 2.75) is 170 Å². The van der Waals surface area contributed by atoms with Crippen molar-refractivity contribution in [3.63, 3.8) is 0 Å². The Morgan fingerprint density at radius 3 is 1.80 bits per heavy atom. The predicted molar refractivity (Wildman–Crippen MR) is 444 cm³/mol. The van der Waals surface area contributed by atoms with Crippen molar-refractivity contribution in [2.24, 2.45) is 28.9 Å². The molecule has 1 fully saturated rings. The zero-order chi connectivity index (χ0) is 88.3. The Kier molecular flexibility index (Phi) is 44.9. The lowest BCUT2D eigenvalue weighted by Gasteiger charge is -2.29. The molecule has 656 valence electrons. The number of nitrogens with zero attached hydrogens (tertiary/aromatic N) is 1. The first-order chi connectivity index (χ1) is 56.6. The van der Waals surface area contributed by atoms with E-state index in [4.69, 9.17) is 33.8 Å². The third kappa shape index (κ3) is 37.5. The molecule has 43 nitrogen and oxygen atoms in total. The molecule has 2 heterocycles. The van der Waals surface area contributed by atoms with E-state index in [1.165, 1.54) is 74.2 Å². The molecular weight excluding hydrogens is 1630 g/mol. The Morgan fingerprint density at radius 2 is 1.18 bits per heavy atom. The van der Waals surface area contributed by atoms with Crippen molar-refractivity contribution >= 4 is 152 Å². The summed E-state index contributed by atoms with van der Waals surface area (Å²) in [7, 11) is 1.60. The first-order valence-corrected chi connectivity index (χ1v) is 43.1. The molecular formula is C72H110N24O19S4. The molecule has 0 bridgehead atoms. The van der Waals surface area contributed by atoms with Gasteiger partial charge in [0.15, 0.2) is 11.9 Å². The van der Waals surface area contributed by atoms with Crippen LogP contribution in [0.15, 0.2) is 67.1 Å². The van der Waals surface area contributed by atoms with E-state index in [-0.39, 0.29) is 100 Å². The lowest BCUT2D eigenvalue weighted by molar-refractivity contribution is -0.141. The topological polar surface area (TPSA) is 707 Å². The number of thioether (sulfide) groups is 2. The molecule has 0 saturated carbocycles. The first kappa shape index (κ1) is 100. The molecule has 30 N–H and O–H groups in total. The molecule has 1 saturated heterocycles. The number of aliphatic hydroxyl groups is 1. The van der Waals surface area contributed by atoms with Crippen LogP contribution in [-0.2, 0) is 96.0 Å². The maximum absolute atomic E-state index is 15.1. The number of nitrogens with one attached hydrogen (secondary N) is 19. The van der Waals surface area contributed by atoms with E-state index in [2.05, 4.69) is 95.0 Å². The van der Waals surface area contributed by atoms with Crippen LogP contribution in [0.25, 0.3) is 0 Å². The number of rotatable bonds is 32. The number of phenolic OH excluding ortho intramolecular Hbond substituents is 1. The fourth-order valence-electron chi connectivity index (χ4n) is 11.2. The molecule has 1 aliphatic rings. The number of H-pyrrole nitrogens is 1. The molecule has 0 radical (unpaired) electrons. The number of aliphatic hydroxyl groups excluding tert-OH is 1. The molecule has 0 spiro atoms. The second-order valence-electron chi connectivity index (χ2n) is 27.5. The number of phenols is 1. The number of aromatic hydroxyl groups is 1. The van der Waals surface area contributed by atoms with Gasteiger partial charge in [-0.1, -0.05) is 84.3 Å². The van der Waals surface area contributed by atoms with Gasteiger partial charge in [0.1, 0.15) is 78.3 Å². The smallest absolute Gasteiger partial charge is 0.305 e. The van der Waals surface area contributed by atoms with E-state index < -0.39 is 223 Å². The Bertz CT molecular complexity index is 3940. The van der Waals surface area contributed by atoms with Gasteiger partial charge >= 0.3 is 5.97 Å². The summed E-state index contributed by atoms with van der Waals surface area (Å²) in [6, 6.07) is -7.30. The molecule has 119 heavy (non-hydrogen) atoms. The van der Waals surface area contributed by atoms with Gasteiger partial charge in [0, 0.05) is 50.1 Å². The summed E-state index contributed by atoms with van der Waals surface area (Å²) in [4.78, 5) is 233. The number of benzene rings is 2. The van der Waals surface area contributed by atoms with E-state index in [0.29, 0.717) is 16.9 Å². The average molecular weight is 1740 g/mol. The van der Waals surface area contributed by atoms with Crippen LogP contribution < -0.4 is 108 Å². The molecule has 2 aromatic carbocycles. The van der Waals surface area contributed by atoms with E-state index in [1.807, 2.05) is 0 Å². The van der Waals surface area contributed by atoms with Crippen molar-refractivity contribution in [3.8, 4) is 5.75 Å². The highest BCUT2D eigenvalue weighted by Crippen LogP contribution is 2.25. The van der Waals surface area contributed by atoms with Crippen molar-refractivity contribution in [1.29, 1.82) is 10.8 Å². The van der Waals surface area contributed by atoms with E-state index in [1.54, 1.807) is 49.8 Å². The average Bonchev–Trinajstić information content (AvgIpc) is 1.71. The Balaban J connectivity index is 1.92. The molecule has 4 rings (SSSR count). The fourth-order valence-corrected chi connectivity index (χ4v) is 14.5. The Morgan fingerprint density at radius 1 is 0.605 bits per heavy atom. The Labute approximate surface area is 702 Å². The number of amides is 15. The standard InChI is InChI=1S/C72H110N24O19S4/c1-6-37(2)57-70(115)93-51(33-97)67(112)95-53(69(114)90-48(27-40-16-18-42(98)19-17-40)64(109)86-44(58(74)103)14-10-22-80-71(75)76)35-119-118-34-52(94-60(105)43(73)20-24-116-4)68(113)91-49(28-41-30-79-36-84-41)65(110)89-47(26-39-12-8-7-9-13-39)61(106)83-31-54(99)82-32-55(100)85-38(3)59(104)87-46(21-25-117-5)62(107)92-50(29-56(101)102)66(111)88-45(63(108)96-57)15-11-23-81-72(77)78/h7-9,12-13,16-19,30,36-38,43-53,57,97-98H,6,10-11,14-15,20-29,31-35,73H2,1-5H3,(H2,74,103)(H,79,84)(H,82,99)(H,83,106)(H,85,100)(H,86,109)(H,87,104)(H,88,111)(H,89,110)(H,90,114)(H,91,113)(H,92,107)(H,93,115)(H,94,105)(H,95,112)(H,96,108)(H,101,102)(H4,75,76,80)(H4,77,78,81)/t37-,38-,43-,44-,45-,46-,47-,48-,49-,50-,51-,52-,53-,57+/m0/s1. The van der Waals surface area contributed by atoms with Crippen LogP contribution in [0, 0.1) is 16.7 Å². The van der Waals surface area contributed by atoms with Crippen LogP contribution in [0.1, 0.15) is 89.0 Å². The largest absolute Gasteiger partial charge is 0.508 e. The maximum atomic E-state index is 15.1. The zero-order valence-corrected chi connectivity index (χ0v) is 69.6. The summed E-state index contributed by atoms with van der Waals surface area (Å²) in [5.41, 5.74) is 24.1. The van der Waals surface area contributed by atoms with Gasteiger partial charge in [0.25, 0.3) is 0 Å². The van der Waals surface area contributed by atoms with Gasteiger partial charge in [-0.15, -0.1) is 0 Å². The minimum Gasteiger partial charge on any atom is -0.508 e. The van der Waals surface area contributed by atoms with Crippen molar-refractivity contribution in [1.82, 2.24) is 95.0 Å². The predicted octanol–water partition coefficient (Wildman–Crippen LogP) is -7.03. The van der Waals surface area contributed by atoms with Gasteiger partial charge in [0.2, 0.25) is 88.6 Å². The van der Waals surface area contributed by atoms with Crippen LogP contribution in [0.2, 0.25) is 0 Å². The molecule has 1 aliphatic heterocycles. The number of primary amides is 1. The van der Waals surface area contributed by atoms with Gasteiger partial charge in [-0.25, -0.2) is 4.98 Å². The SMILES string of the molecule is CC[C@H](C)[C@H]1NC(=O)[C@H](CCCNC(=N)N)NC(=O)[C@H](CC(=O)O)NC(=O)[C@H](CCSC)NC(=O)[C@H](C)NC(=O)CNC(=O)CNC(=O)[C@H](Cc2ccccc2)NC(=O)[C@H](Cc2c[nH]cn2)NC(=O)[C@@H](NC(=O)[C@@H](N)CCSC)CSSC[C@@H](C(=O)N[C@@H](Cc2ccc(O)cc2)C(=O)N[C@@H](CCCNC(=N)N)C(N)=O)NC(=O)[C@H](CO)NC1=O. The van der Waals surface area contributed by atoms with E-state index in [9.17, 15) is 87.2 Å². The number of carboxylic acid groups (broad SMARTS) is 1. The van der Waals surface area contributed by atoms with Gasteiger partial charge in [-0.3, -0.25) is 87.5 Å². The zero-order valence-electron chi connectivity index (χ0n) is 66.3. The summed E-state index contributed by atoms with van der Waals surface area (Å²) in [5, 5.41) is 86.3. The summed E-state index contributed by atoms with van der Waals surface area (Å²) in [5.74, 6) is -19.4. The molecule has 47 heteroatoms. The number of hydrogen-bond donors (Lipinski definition) is 26. The number of aromatic amines is 1. The number of carboxylic acids is 1. The number of nitrogens with two attached hydrogens (primary N) is 4. The van der Waals surface area contributed by atoms with Crippen molar-refractivity contribution in [2.75, 3.05) is 68.3 Å². The third-order valence-electron chi connectivity index (χ3n) is 18.1. The second-order valence-corrected chi connectivity index (χ2v) is 32.0. The van der Waals surface area contributed by atoms with Crippen LogP contribution in [0.5, 0.6) is 5.75 Å². The van der Waals surface area contributed by atoms with Crippen LogP contribution >= 0.6 is 45.1 Å². The van der Waals surface area contributed by atoms with Crippen molar-refractivity contribution < 1.29 is 92.0 Å². The lowest BCUT2D eigenvalue weighted by atomic mass is 9.97. The highest BCUT2D eigenvalue weighted by atomic mass is 33.1. The molecule has 1 aromatic heterocycles. The van der Waals surface area contributed by atoms with E-state index in [0.717, 1.165) is 21.6 Å². The van der Waals surface area contributed by atoms with Gasteiger partial charge in [-0.05, 0) is 98.6 Å². The number of guanidine groups is 2. The van der Waals surface area contributed by atoms with Crippen LogP contribution in [0.4, 0.5) is 0 Å². The molecule has 3 aromatic rings. The van der Waals surface area contributed by atoms with Crippen LogP contribution in [-0.4, -0.2) is 279 Å². The maximum Gasteiger partial charge on any atom is 0.305 e. The summed E-state index contributed by atoms with van der Waals surface area (Å²) in [6.45, 7) is 1.61. The Hall–Kier alpha value is -11.2. The minimum absolute atomic E-state index is 0.0466. The number of aliphatic carboxylic acids is 1. The van der Waals surface area contributed by atoms with Gasteiger partial charge < -0.3 is 128 Å². The highest BCUT2D eigenvalue weighted by Gasteiger charge is 2.39. The summed E-state index contributed by atoms with van der Waals surface area (Å²) < 4.78 is 0. The lowest BCUT2D eigenvalue weighted by Crippen LogP contribution is -2.62. The van der Waals surface area contributed by atoms with Crippen LogP contribution in [0.3, 0.4) is 0 Å². The second kappa shape index (κ2) is 53.3. The van der Waals surface area contributed by atoms with Gasteiger partial charge in [0.05, 0.1) is 44.2 Å². The minimum atomic E-state index is -2.00. The molecule has 15 amide bonds. The highest BCUT2D eigenvalue weighted by molar-refractivity contribution is 8.76. The number of carbonyl (C=O) groups excluding carboxylic acids is 15. The first-order valence-electron chi connectivity index (χ1n) is 37.8. The quantitative estimate of drug-likeness (QED) is 0.0120. The monoisotopic (exact) mass is 1740 g/mol. The number of carbonyl (C=O) groups is 16. The number of hydrogen-bond acceptors (Lipinski definition) is 26. The summed E-state index contributed by atoms with van der Waals surface area (Å²) in [6.07, 6.45) is 3.94. The molecule has 0 unspecified atom stereocenters. The number of aromatic nitrogens is 2. The number of imidazole rings is 1. The normalized spacial score (nSPS) is 22.2. The fraction of sp³-hybridized carbons (Fsp3) is 0.542.